The summed E-state index contributed by atoms with van der Waals surface area (Å²) in [5, 5.41) is 8.37. The second kappa shape index (κ2) is 7.51. The van der Waals surface area contributed by atoms with E-state index in [0.717, 1.165) is 25.7 Å². The summed E-state index contributed by atoms with van der Waals surface area (Å²) in [5.74, 6) is 3.75. The lowest BCUT2D eigenvalue weighted by Gasteiger charge is -2.07. The van der Waals surface area contributed by atoms with Gasteiger partial charge in [-0.25, -0.2) is 4.79 Å². The third-order valence-electron chi connectivity index (χ3n) is 2.58. The summed E-state index contributed by atoms with van der Waals surface area (Å²) < 4.78 is 0. The fourth-order valence-electron chi connectivity index (χ4n) is 1.82. The van der Waals surface area contributed by atoms with Crippen molar-refractivity contribution >= 4 is 5.97 Å². The minimum atomic E-state index is -1.05. The summed E-state index contributed by atoms with van der Waals surface area (Å²) in [4.78, 5) is 10.2. The summed E-state index contributed by atoms with van der Waals surface area (Å²) in [7, 11) is 0. The molecule has 1 rings (SSSR count). The zero-order chi connectivity index (χ0) is 12.5. The molecule has 0 aliphatic heterocycles. The number of carbonyl (C=O) groups is 1. The normalized spacial score (nSPS) is 9.47. The Balaban J connectivity index is 2.46. The molecule has 0 heterocycles. The first-order valence-corrected chi connectivity index (χ1v) is 6.02. The van der Waals surface area contributed by atoms with Gasteiger partial charge in [0, 0.05) is 12.3 Å². The molecule has 0 fully saturated rings. The van der Waals surface area contributed by atoms with Gasteiger partial charge in [0.1, 0.15) is 0 Å². The number of benzene rings is 1. The van der Waals surface area contributed by atoms with Crippen molar-refractivity contribution in [1.82, 2.24) is 0 Å². The molecule has 1 aromatic carbocycles. The zero-order valence-corrected chi connectivity index (χ0v) is 10.2. The third-order valence-corrected chi connectivity index (χ3v) is 2.58. The van der Waals surface area contributed by atoms with Crippen LogP contribution in [0.15, 0.2) is 24.3 Å². The van der Waals surface area contributed by atoms with Gasteiger partial charge in [0.2, 0.25) is 0 Å². The molecular formula is C15H18O2. The Morgan fingerprint density at radius 3 is 2.47 bits per heavy atom. The molecule has 1 N–H and O–H groups in total. The van der Waals surface area contributed by atoms with Crippen LogP contribution in [0.3, 0.4) is 0 Å². The molecule has 0 saturated heterocycles. The molecule has 0 unspecified atom stereocenters. The molecule has 0 atom stereocenters. The van der Waals surface area contributed by atoms with E-state index in [2.05, 4.69) is 43.0 Å². The number of hydrogen-bond acceptors (Lipinski definition) is 1. The fraction of sp³-hybridized carbons (Fsp3) is 0.400. The predicted octanol–water partition coefficient (Wildman–Crippen LogP) is 3.05. The van der Waals surface area contributed by atoms with Crippen molar-refractivity contribution in [2.24, 2.45) is 0 Å². The highest BCUT2D eigenvalue weighted by Crippen LogP contribution is 2.13. The van der Waals surface area contributed by atoms with E-state index in [1.165, 1.54) is 11.1 Å². The highest BCUT2D eigenvalue weighted by atomic mass is 16.4. The lowest BCUT2D eigenvalue weighted by Crippen LogP contribution is -1.94. The van der Waals surface area contributed by atoms with Crippen molar-refractivity contribution in [3.05, 3.63) is 35.4 Å². The van der Waals surface area contributed by atoms with Crippen molar-refractivity contribution in [2.75, 3.05) is 0 Å². The van der Waals surface area contributed by atoms with Crippen molar-refractivity contribution in [1.29, 1.82) is 0 Å². The van der Waals surface area contributed by atoms with Gasteiger partial charge in [0.25, 0.3) is 0 Å². The molecule has 2 nitrogen and oxygen atoms in total. The Labute approximate surface area is 103 Å². The molecule has 0 radical (unpaired) electrons. The molecule has 0 aliphatic carbocycles. The minimum Gasteiger partial charge on any atom is -0.472 e. The van der Waals surface area contributed by atoms with Gasteiger partial charge in [0.05, 0.1) is 0 Å². The van der Waals surface area contributed by atoms with Crippen LogP contribution >= 0.6 is 0 Å². The molecule has 0 aromatic heterocycles. The molecule has 0 amide bonds. The molecule has 2 heteroatoms. The van der Waals surface area contributed by atoms with Gasteiger partial charge in [-0.15, -0.1) is 0 Å². The highest BCUT2D eigenvalue weighted by Gasteiger charge is 1.99. The molecule has 0 saturated carbocycles. The van der Waals surface area contributed by atoms with Gasteiger partial charge in [0.15, 0.2) is 0 Å². The van der Waals surface area contributed by atoms with Crippen molar-refractivity contribution < 1.29 is 9.90 Å². The molecule has 0 spiro atoms. The van der Waals surface area contributed by atoms with Gasteiger partial charge in [-0.05, 0) is 30.4 Å². The smallest absolute Gasteiger partial charge is 0.381 e. The fourth-order valence-corrected chi connectivity index (χ4v) is 1.82. The Morgan fingerprint density at radius 1 is 1.24 bits per heavy atom. The summed E-state index contributed by atoms with van der Waals surface area (Å²) >= 11 is 0. The lowest BCUT2D eigenvalue weighted by molar-refractivity contribution is -0.130. The van der Waals surface area contributed by atoms with Crippen LogP contribution < -0.4 is 0 Å². The van der Waals surface area contributed by atoms with E-state index in [1.807, 2.05) is 0 Å². The van der Waals surface area contributed by atoms with E-state index in [4.69, 9.17) is 5.11 Å². The van der Waals surface area contributed by atoms with Crippen LogP contribution in [0, 0.1) is 11.8 Å². The number of rotatable bonds is 5. The average Bonchev–Trinajstić information content (AvgIpc) is 2.31. The summed E-state index contributed by atoms with van der Waals surface area (Å²) in [6.45, 7) is 2.18. The lowest BCUT2D eigenvalue weighted by atomic mass is 9.99. The molecule has 0 bridgehead atoms. The first-order valence-electron chi connectivity index (χ1n) is 6.02. The maximum absolute atomic E-state index is 10.2. The van der Waals surface area contributed by atoms with Gasteiger partial charge >= 0.3 is 5.97 Å². The number of aliphatic carboxylic acids is 1. The van der Waals surface area contributed by atoms with Crippen LogP contribution in [0.25, 0.3) is 0 Å². The maximum Gasteiger partial charge on any atom is 0.381 e. The number of hydrogen-bond donors (Lipinski definition) is 1. The maximum atomic E-state index is 10.2. The molecular weight excluding hydrogens is 212 g/mol. The molecule has 1 aromatic rings. The van der Waals surface area contributed by atoms with Crippen LogP contribution in [-0.4, -0.2) is 11.1 Å². The summed E-state index contributed by atoms with van der Waals surface area (Å²) in [6, 6.07) is 8.44. The molecule has 90 valence electrons. The Bertz CT molecular complexity index is 424. The van der Waals surface area contributed by atoms with Crippen molar-refractivity contribution in [3.63, 3.8) is 0 Å². The third kappa shape index (κ3) is 5.21. The predicted molar refractivity (Wildman–Crippen MR) is 68.8 cm³/mol. The number of unbranched alkanes of at least 4 members (excludes halogenated alkanes) is 1. The quantitative estimate of drug-likeness (QED) is 0.623. The van der Waals surface area contributed by atoms with Gasteiger partial charge < -0.3 is 5.11 Å². The van der Waals surface area contributed by atoms with Gasteiger partial charge in [-0.3, -0.25) is 0 Å². The van der Waals surface area contributed by atoms with E-state index in [9.17, 15) is 4.79 Å². The Kier molecular flexibility index (Phi) is 5.88. The van der Waals surface area contributed by atoms with Crippen LogP contribution in [0.2, 0.25) is 0 Å². The Hall–Kier alpha value is -1.75. The van der Waals surface area contributed by atoms with Crippen LogP contribution in [0.4, 0.5) is 0 Å². The van der Waals surface area contributed by atoms with E-state index in [1.54, 1.807) is 0 Å². The standard InChI is InChI=1S/C15H18O2/c1-2-8-13-10-6-7-11-14(13)9-4-3-5-12-15(16)17/h6-7,10-11H,2-4,8-9H2,1H3,(H,16,17). The van der Waals surface area contributed by atoms with Crippen LogP contribution in [0.1, 0.15) is 37.3 Å². The van der Waals surface area contributed by atoms with E-state index in [0.29, 0.717) is 6.42 Å². The largest absolute Gasteiger partial charge is 0.472 e. The SMILES string of the molecule is CCCc1ccccc1CCCC#CC(=O)O. The molecule has 17 heavy (non-hydrogen) atoms. The summed E-state index contributed by atoms with van der Waals surface area (Å²) in [5.41, 5.74) is 2.77. The van der Waals surface area contributed by atoms with E-state index >= 15 is 0 Å². The highest BCUT2D eigenvalue weighted by molar-refractivity contribution is 5.86. The van der Waals surface area contributed by atoms with Crippen LogP contribution in [-0.2, 0) is 17.6 Å². The summed E-state index contributed by atoms with van der Waals surface area (Å²) in [6.07, 6.45) is 4.80. The topological polar surface area (TPSA) is 37.3 Å². The number of carboxylic acid groups (broad SMARTS) is 1. The molecule has 0 aliphatic rings. The number of aryl methyl sites for hydroxylation is 2. The Morgan fingerprint density at radius 2 is 1.88 bits per heavy atom. The zero-order valence-electron chi connectivity index (χ0n) is 10.2. The van der Waals surface area contributed by atoms with Gasteiger partial charge in [-0.1, -0.05) is 43.5 Å². The van der Waals surface area contributed by atoms with Gasteiger partial charge in [-0.2, -0.15) is 0 Å². The first-order chi connectivity index (χ1) is 8.24. The van der Waals surface area contributed by atoms with Crippen molar-refractivity contribution in [2.45, 2.75) is 39.0 Å². The minimum absolute atomic E-state index is 0.646. The van der Waals surface area contributed by atoms with E-state index < -0.39 is 5.97 Å². The second-order valence-corrected chi connectivity index (χ2v) is 3.98. The number of carboxylic acids is 1. The van der Waals surface area contributed by atoms with Crippen LogP contribution in [0.5, 0.6) is 0 Å². The average molecular weight is 230 g/mol. The first kappa shape index (κ1) is 13.3. The second-order valence-electron chi connectivity index (χ2n) is 3.98. The monoisotopic (exact) mass is 230 g/mol. The van der Waals surface area contributed by atoms with E-state index in [-0.39, 0.29) is 0 Å². The van der Waals surface area contributed by atoms with Crippen molar-refractivity contribution in [3.8, 4) is 11.8 Å².